The van der Waals surface area contributed by atoms with E-state index in [0.717, 1.165) is 59.6 Å². The highest BCUT2D eigenvalue weighted by Crippen LogP contribution is 2.30. The number of benzene rings is 1. The van der Waals surface area contributed by atoms with Crippen LogP contribution in [0.3, 0.4) is 0 Å². The molecule has 39 heavy (non-hydrogen) atoms. The number of imidazole rings is 1. The zero-order valence-corrected chi connectivity index (χ0v) is 26.5. The maximum absolute atomic E-state index is 13.8. The van der Waals surface area contributed by atoms with Crippen LogP contribution in [0.1, 0.15) is 29.5 Å². The molecule has 1 aliphatic rings. The van der Waals surface area contributed by atoms with E-state index in [2.05, 4.69) is 24.0 Å². The van der Waals surface area contributed by atoms with Crippen LogP contribution in [0.15, 0.2) is 35.6 Å². The second-order valence-corrected chi connectivity index (χ2v) is 11.7. The first-order valence-electron chi connectivity index (χ1n) is 12.8. The van der Waals surface area contributed by atoms with Crippen LogP contribution in [-0.4, -0.2) is 95.3 Å². The van der Waals surface area contributed by atoms with Gasteiger partial charge in [-0.05, 0) is 26.0 Å². The first-order chi connectivity index (χ1) is 18.1. The second kappa shape index (κ2) is 13.4. The molecule has 0 aliphatic carbocycles. The third-order valence-electron chi connectivity index (χ3n) is 7.21. The third kappa shape index (κ3) is 7.27. The van der Waals surface area contributed by atoms with Gasteiger partial charge in [0.2, 0.25) is 5.16 Å². The van der Waals surface area contributed by atoms with Gasteiger partial charge in [0.1, 0.15) is 5.75 Å². The van der Waals surface area contributed by atoms with E-state index in [9.17, 15) is 9.00 Å². The number of rotatable bonds is 9. The lowest BCUT2D eigenvalue weighted by Crippen LogP contribution is -3.00. The van der Waals surface area contributed by atoms with Crippen LogP contribution in [0.2, 0.25) is 0 Å². The largest absolute Gasteiger partial charge is 1.00 e. The number of halogens is 1. The molecular weight excluding hydrogens is 633 g/mol. The summed E-state index contributed by atoms with van der Waals surface area (Å²) in [6, 6.07) is 7.54. The quantitative estimate of drug-likeness (QED) is 0.184. The molecular formula is C27H38IN5O5S. The van der Waals surface area contributed by atoms with E-state index < -0.39 is 23.2 Å². The zero-order chi connectivity index (χ0) is 27.4. The molecule has 214 valence electrons. The van der Waals surface area contributed by atoms with Crippen molar-refractivity contribution in [1.82, 2.24) is 19.4 Å². The minimum Gasteiger partial charge on any atom is -1.00 e. The monoisotopic (exact) mass is 671 g/mol. The van der Waals surface area contributed by atoms with Gasteiger partial charge >= 0.3 is 6.16 Å². The number of fused-ring (bicyclic) bond motifs is 1. The molecule has 4 rings (SSSR count). The average Bonchev–Trinajstić information content (AvgIpc) is 3.29. The van der Waals surface area contributed by atoms with E-state index in [1.54, 1.807) is 17.9 Å². The molecule has 2 aromatic heterocycles. The molecule has 1 aliphatic heterocycles. The highest BCUT2D eigenvalue weighted by atomic mass is 127. The third-order valence-corrected chi connectivity index (χ3v) is 8.44. The topological polar surface area (TPSA) is 95.8 Å². The van der Waals surface area contributed by atoms with E-state index in [1.165, 1.54) is 7.11 Å². The number of carbonyl (C=O) groups excluding carboxylic acids is 1. The maximum atomic E-state index is 13.8. The molecule has 0 radical (unpaired) electrons. The van der Waals surface area contributed by atoms with Gasteiger partial charge in [-0.3, -0.25) is 18.7 Å². The fourth-order valence-electron chi connectivity index (χ4n) is 4.83. The molecule has 3 aromatic rings. The fraction of sp³-hybridized carbons (Fsp3) is 0.519. The molecule has 10 nitrogen and oxygen atoms in total. The Morgan fingerprint density at radius 2 is 1.85 bits per heavy atom. The lowest BCUT2D eigenvalue weighted by molar-refractivity contribution is -0.894. The van der Waals surface area contributed by atoms with Crippen molar-refractivity contribution in [3.63, 3.8) is 0 Å². The Hall–Kier alpha value is -2.29. The van der Waals surface area contributed by atoms with Crippen LogP contribution >= 0.6 is 0 Å². The van der Waals surface area contributed by atoms with Crippen molar-refractivity contribution < 1.29 is 51.7 Å². The molecule has 0 amide bonds. The van der Waals surface area contributed by atoms with Crippen molar-refractivity contribution in [1.29, 1.82) is 0 Å². The van der Waals surface area contributed by atoms with E-state index in [4.69, 9.17) is 19.2 Å². The Morgan fingerprint density at radius 3 is 2.51 bits per heavy atom. The summed E-state index contributed by atoms with van der Waals surface area (Å²) >= 11 is 0. The number of aromatic nitrogens is 3. The zero-order valence-electron chi connectivity index (χ0n) is 23.5. The summed E-state index contributed by atoms with van der Waals surface area (Å²) < 4.78 is 32.8. The van der Waals surface area contributed by atoms with Crippen molar-refractivity contribution in [2.75, 3.05) is 61.0 Å². The number of nitrogens with zero attached hydrogens (tertiary/aromatic N) is 5. The maximum Gasteiger partial charge on any atom is 0.509 e. The van der Waals surface area contributed by atoms with Gasteiger partial charge in [0.15, 0.2) is 6.23 Å². The Labute approximate surface area is 249 Å². The van der Waals surface area contributed by atoms with Crippen LogP contribution in [0, 0.1) is 13.8 Å². The van der Waals surface area contributed by atoms with Gasteiger partial charge in [0.05, 0.1) is 74.7 Å². The SMILES string of the molecule is COC(=O)OC(CCN1CC[N+](C)(C)CC1)n1c(S(=O)Cc2ncc(C)c(OC)c2C)nc2ccccc21.[I-]. The highest BCUT2D eigenvalue weighted by molar-refractivity contribution is 7.84. The Morgan fingerprint density at radius 1 is 1.15 bits per heavy atom. The Kier molecular flexibility index (Phi) is 10.7. The molecule has 0 saturated carbocycles. The Balaban J connectivity index is 0.00000420. The standard InChI is InChI=1S/C27H38N5O5S.HI/c1-19-17-28-22(20(2)25(19)35-5)18-38(34)26-29-21-9-7-8-10-23(21)31(26)24(37-27(33)36-6)11-12-30-13-15-32(3,4)16-14-30;/h7-10,17,24H,11-16,18H2,1-6H3;1H/q+1;/p-1. The molecule has 3 heterocycles. The number of likely N-dealkylation sites (N-methyl/N-ethyl adjacent to an activating group) is 1. The number of piperazine rings is 1. The summed E-state index contributed by atoms with van der Waals surface area (Å²) in [7, 11) is 5.80. The summed E-state index contributed by atoms with van der Waals surface area (Å²) in [5.74, 6) is 0.881. The Bertz CT molecular complexity index is 1320. The predicted octanol–water partition coefficient (Wildman–Crippen LogP) is 0.432. The number of para-hydroxylation sites is 2. The molecule has 2 unspecified atom stereocenters. The fourth-order valence-corrected chi connectivity index (χ4v) is 6.13. The smallest absolute Gasteiger partial charge is 0.509 e. The van der Waals surface area contributed by atoms with Crippen molar-refractivity contribution in [2.45, 2.75) is 37.4 Å². The summed E-state index contributed by atoms with van der Waals surface area (Å²) in [4.78, 5) is 23.9. The molecule has 12 heteroatoms. The van der Waals surface area contributed by atoms with Crippen LogP contribution in [-0.2, 0) is 26.0 Å². The lowest BCUT2D eigenvalue weighted by atomic mass is 10.1. The first kappa shape index (κ1) is 31.2. The van der Waals surface area contributed by atoms with Gasteiger partial charge in [-0.25, -0.2) is 9.78 Å². The van der Waals surface area contributed by atoms with E-state index >= 15 is 0 Å². The van der Waals surface area contributed by atoms with Gasteiger partial charge in [-0.15, -0.1) is 0 Å². The highest BCUT2D eigenvalue weighted by Gasteiger charge is 2.29. The predicted molar refractivity (Wildman–Crippen MR) is 146 cm³/mol. The van der Waals surface area contributed by atoms with Crippen LogP contribution in [0.5, 0.6) is 5.75 Å². The van der Waals surface area contributed by atoms with Gasteiger partial charge in [0.25, 0.3) is 0 Å². The summed E-state index contributed by atoms with van der Waals surface area (Å²) in [5.41, 5.74) is 3.85. The molecule has 0 N–H and O–H groups in total. The molecule has 1 saturated heterocycles. The van der Waals surface area contributed by atoms with Crippen molar-refractivity contribution in [2.24, 2.45) is 0 Å². The molecule has 0 bridgehead atoms. The van der Waals surface area contributed by atoms with E-state index in [0.29, 0.717) is 22.8 Å². The average molecular weight is 672 g/mol. The molecule has 1 aromatic carbocycles. The molecule has 1 fully saturated rings. The van der Waals surface area contributed by atoms with Crippen LogP contribution in [0.4, 0.5) is 4.79 Å². The minimum absolute atomic E-state index is 0. The normalized spacial score (nSPS) is 16.8. The lowest BCUT2D eigenvalue weighted by Gasteiger charge is -2.39. The van der Waals surface area contributed by atoms with Gasteiger partial charge in [0, 0.05) is 43.4 Å². The number of carbonyl (C=O) groups is 1. The number of hydrogen-bond acceptors (Lipinski definition) is 8. The van der Waals surface area contributed by atoms with Crippen molar-refractivity contribution >= 4 is 28.0 Å². The number of ether oxygens (including phenoxy) is 3. The van der Waals surface area contributed by atoms with Crippen LogP contribution < -0.4 is 28.7 Å². The van der Waals surface area contributed by atoms with Crippen molar-refractivity contribution in [3.8, 4) is 5.75 Å². The number of methoxy groups -OCH3 is 2. The number of aryl methyl sites for hydroxylation is 1. The number of pyridine rings is 1. The van der Waals surface area contributed by atoms with Crippen LogP contribution in [0.25, 0.3) is 11.0 Å². The van der Waals surface area contributed by atoms with E-state index in [1.807, 2.05) is 38.1 Å². The number of hydrogen-bond donors (Lipinski definition) is 0. The van der Waals surface area contributed by atoms with Gasteiger partial charge < -0.3 is 42.7 Å². The van der Waals surface area contributed by atoms with Crippen molar-refractivity contribution in [3.05, 3.63) is 47.3 Å². The minimum atomic E-state index is -1.58. The van der Waals surface area contributed by atoms with Gasteiger partial charge in [-0.1, -0.05) is 12.1 Å². The summed E-state index contributed by atoms with van der Waals surface area (Å²) in [6.45, 7) is 8.59. The number of quaternary nitrogens is 1. The summed E-state index contributed by atoms with van der Waals surface area (Å²) in [6.07, 6.45) is 0.702. The van der Waals surface area contributed by atoms with Gasteiger partial charge in [-0.2, -0.15) is 0 Å². The summed E-state index contributed by atoms with van der Waals surface area (Å²) in [5, 5.41) is 0.331. The second-order valence-electron chi connectivity index (χ2n) is 10.3. The first-order valence-corrected chi connectivity index (χ1v) is 14.1. The molecule has 0 spiro atoms. The molecule has 2 atom stereocenters. The van der Waals surface area contributed by atoms with E-state index in [-0.39, 0.29) is 29.7 Å².